The lowest BCUT2D eigenvalue weighted by molar-refractivity contribution is -0.150. The zero-order valence-corrected chi connectivity index (χ0v) is 34.1. The normalized spacial score (nSPS) is 12.8. The number of rotatable bonds is 38. The highest BCUT2D eigenvalue weighted by Crippen LogP contribution is 2.18. The minimum absolute atomic E-state index is 0.0237. The van der Waals surface area contributed by atoms with Crippen molar-refractivity contribution in [3.63, 3.8) is 0 Å². The quantitative estimate of drug-likeness (QED) is 0.0374. The molecule has 0 heterocycles. The second kappa shape index (κ2) is 41.6. The summed E-state index contributed by atoms with van der Waals surface area (Å²) in [6.45, 7) is 4.08. The van der Waals surface area contributed by atoms with Crippen molar-refractivity contribution in [2.24, 2.45) is 0 Å². The molecule has 0 aromatic carbocycles. The van der Waals surface area contributed by atoms with E-state index in [1.54, 1.807) is 0 Å². The Balaban J connectivity index is 4.32. The molecule has 0 rings (SSSR count). The number of ether oxygens (including phenoxy) is 1. The van der Waals surface area contributed by atoms with Crippen LogP contribution in [0.4, 0.5) is 0 Å². The summed E-state index contributed by atoms with van der Waals surface area (Å²) in [7, 11) is 0. The number of carbonyl (C=O) groups excluding carboxylic acids is 2. The molecule has 0 aliphatic heterocycles. The zero-order chi connectivity index (χ0) is 38.7. The SMILES string of the molecule is CC/C=C\C/C=C\C/C=C\C/C=C\CCCCC(CCCCCCCC(=O)NCC(=O)O)OC(=O)CCCCCCC/C=C\C/C=C\CCCCCC. The van der Waals surface area contributed by atoms with Gasteiger partial charge in [0.05, 0.1) is 0 Å². The first kappa shape index (κ1) is 49.9. The van der Waals surface area contributed by atoms with Gasteiger partial charge in [0, 0.05) is 12.8 Å². The number of carbonyl (C=O) groups is 3. The molecule has 6 heteroatoms. The average molecular weight is 738 g/mol. The van der Waals surface area contributed by atoms with Crippen molar-refractivity contribution < 1.29 is 24.2 Å². The fourth-order valence-corrected chi connectivity index (χ4v) is 5.95. The molecule has 0 aliphatic rings. The van der Waals surface area contributed by atoms with Crippen LogP contribution < -0.4 is 5.32 Å². The minimum Gasteiger partial charge on any atom is -0.480 e. The first-order valence-electron chi connectivity index (χ1n) is 21.6. The van der Waals surface area contributed by atoms with Crippen LogP contribution in [0.2, 0.25) is 0 Å². The van der Waals surface area contributed by atoms with E-state index in [2.05, 4.69) is 92.1 Å². The summed E-state index contributed by atoms with van der Waals surface area (Å²) >= 11 is 0. The first-order valence-corrected chi connectivity index (χ1v) is 21.6. The highest BCUT2D eigenvalue weighted by Gasteiger charge is 2.14. The van der Waals surface area contributed by atoms with Crippen molar-refractivity contribution in [3.05, 3.63) is 72.9 Å². The summed E-state index contributed by atoms with van der Waals surface area (Å²) in [5, 5.41) is 11.1. The molecule has 0 saturated heterocycles. The second-order valence-corrected chi connectivity index (χ2v) is 14.2. The maximum absolute atomic E-state index is 12.8. The van der Waals surface area contributed by atoms with E-state index in [4.69, 9.17) is 9.84 Å². The molecule has 0 aromatic heterocycles. The number of amides is 1. The molecule has 302 valence electrons. The van der Waals surface area contributed by atoms with E-state index in [9.17, 15) is 14.4 Å². The van der Waals surface area contributed by atoms with Gasteiger partial charge in [0.1, 0.15) is 12.6 Å². The van der Waals surface area contributed by atoms with Gasteiger partial charge in [-0.25, -0.2) is 0 Å². The predicted octanol–water partition coefficient (Wildman–Crippen LogP) is 13.4. The number of esters is 1. The van der Waals surface area contributed by atoms with Gasteiger partial charge >= 0.3 is 11.9 Å². The van der Waals surface area contributed by atoms with Gasteiger partial charge in [-0.1, -0.05) is 145 Å². The van der Waals surface area contributed by atoms with Crippen LogP contribution in [0.15, 0.2) is 72.9 Å². The lowest BCUT2D eigenvalue weighted by atomic mass is 10.0. The maximum atomic E-state index is 12.8. The average Bonchev–Trinajstić information content (AvgIpc) is 3.14. The molecule has 1 amide bonds. The van der Waals surface area contributed by atoms with Gasteiger partial charge in [0.25, 0.3) is 0 Å². The number of aliphatic carboxylic acids is 1. The first-order chi connectivity index (χ1) is 26.0. The molecular formula is C47H79NO5. The summed E-state index contributed by atoms with van der Waals surface area (Å²) in [5.41, 5.74) is 0. The van der Waals surface area contributed by atoms with Gasteiger partial charge in [0.2, 0.25) is 5.91 Å². The lowest BCUT2D eigenvalue weighted by Gasteiger charge is -2.18. The van der Waals surface area contributed by atoms with E-state index in [1.807, 2.05) is 0 Å². The Morgan fingerprint density at radius 2 is 0.925 bits per heavy atom. The van der Waals surface area contributed by atoms with E-state index in [0.717, 1.165) is 116 Å². The van der Waals surface area contributed by atoms with Crippen molar-refractivity contribution in [2.45, 2.75) is 200 Å². The van der Waals surface area contributed by atoms with E-state index in [0.29, 0.717) is 12.8 Å². The lowest BCUT2D eigenvalue weighted by Crippen LogP contribution is -2.28. The number of carboxylic acid groups (broad SMARTS) is 1. The summed E-state index contributed by atoms with van der Waals surface area (Å²) in [6, 6.07) is 0. The smallest absolute Gasteiger partial charge is 0.322 e. The van der Waals surface area contributed by atoms with Crippen LogP contribution >= 0.6 is 0 Å². The summed E-state index contributed by atoms with van der Waals surface area (Å²) in [6.07, 6.45) is 55.9. The highest BCUT2D eigenvalue weighted by atomic mass is 16.5. The van der Waals surface area contributed by atoms with Gasteiger partial charge in [-0.2, -0.15) is 0 Å². The molecule has 1 atom stereocenters. The van der Waals surface area contributed by atoms with Crippen LogP contribution in [-0.2, 0) is 19.1 Å². The molecule has 0 spiro atoms. The van der Waals surface area contributed by atoms with Crippen molar-refractivity contribution >= 4 is 17.8 Å². The van der Waals surface area contributed by atoms with Crippen molar-refractivity contribution in [1.82, 2.24) is 5.32 Å². The van der Waals surface area contributed by atoms with Gasteiger partial charge in [-0.3, -0.25) is 14.4 Å². The third-order valence-corrected chi connectivity index (χ3v) is 9.11. The standard InChI is InChI=1S/C47H79NO5/c1-3-5-7-9-11-13-15-17-19-21-23-25-27-29-34-38-42-47(52)53-44(40-36-32-30-33-37-41-45(49)48-43-46(50)51)39-35-31-28-26-24-22-20-18-16-14-12-10-8-6-4-2/h6,8,12-15,18-21,24,26,44H,3-5,7,9-11,16-17,22-23,25,27-43H2,1-2H3,(H,48,49)(H,50,51)/b8-6-,14-12-,15-13-,20-18-,21-19-,26-24-. The van der Waals surface area contributed by atoms with Crippen molar-refractivity contribution in [1.29, 1.82) is 0 Å². The monoisotopic (exact) mass is 738 g/mol. The van der Waals surface area contributed by atoms with E-state index in [1.165, 1.54) is 51.4 Å². The molecule has 53 heavy (non-hydrogen) atoms. The van der Waals surface area contributed by atoms with Gasteiger partial charge in [-0.15, -0.1) is 0 Å². The van der Waals surface area contributed by atoms with Crippen molar-refractivity contribution in [3.8, 4) is 0 Å². The van der Waals surface area contributed by atoms with E-state index in [-0.39, 0.29) is 24.5 Å². The topological polar surface area (TPSA) is 92.7 Å². The van der Waals surface area contributed by atoms with Crippen LogP contribution in [-0.4, -0.2) is 35.6 Å². The second-order valence-electron chi connectivity index (χ2n) is 14.2. The zero-order valence-electron chi connectivity index (χ0n) is 34.1. The fraction of sp³-hybridized carbons (Fsp3) is 0.681. The molecule has 0 bridgehead atoms. The molecule has 2 N–H and O–H groups in total. The predicted molar refractivity (Wildman–Crippen MR) is 226 cm³/mol. The fourth-order valence-electron chi connectivity index (χ4n) is 5.95. The Morgan fingerprint density at radius 3 is 1.45 bits per heavy atom. The molecule has 0 fully saturated rings. The molecule has 0 radical (unpaired) electrons. The van der Waals surface area contributed by atoms with E-state index >= 15 is 0 Å². The summed E-state index contributed by atoms with van der Waals surface area (Å²) in [5.74, 6) is -1.28. The number of hydrogen-bond donors (Lipinski definition) is 2. The number of hydrogen-bond acceptors (Lipinski definition) is 4. The van der Waals surface area contributed by atoms with Gasteiger partial charge < -0.3 is 15.2 Å². The Kier molecular flexibility index (Phi) is 39.1. The van der Waals surface area contributed by atoms with Gasteiger partial charge in [-0.05, 0) is 109 Å². The Bertz CT molecular complexity index is 1040. The van der Waals surface area contributed by atoms with Crippen LogP contribution in [0.25, 0.3) is 0 Å². The summed E-state index contributed by atoms with van der Waals surface area (Å²) in [4.78, 5) is 35.0. The Labute approximate surface area is 325 Å². The molecule has 0 aromatic rings. The number of allylic oxidation sites excluding steroid dienone is 12. The molecular weight excluding hydrogens is 659 g/mol. The van der Waals surface area contributed by atoms with Crippen LogP contribution in [0.3, 0.4) is 0 Å². The third kappa shape index (κ3) is 41.5. The summed E-state index contributed by atoms with van der Waals surface area (Å²) < 4.78 is 6.01. The number of unbranched alkanes of at least 4 members (excludes halogenated alkanes) is 15. The number of nitrogens with one attached hydrogen (secondary N) is 1. The molecule has 1 unspecified atom stereocenters. The molecule has 0 saturated carbocycles. The van der Waals surface area contributed by atoms with Crippen LogP contribution in [0.5, 0.6) is 0 Å². The van der Waals surface area contributed by atoms with Crippen LogP contribution in [0.1, 0.15) is 194 Å². The Hall–Kier alpha value is -3.15. The molecule has 6 nitrogen and oxygen atoms in total. The maximum Gasteiger partial charge on any atom is 0.322 e. The Morgan fingerprint density at radius 1 is 0.509 bits per heavy atom. The highest BCUT2D eigenvalue weighted by molar-refractivity contribution is 5.80. The van der Waals surface area contributed by atoms with Crippen LogP contribution in [0, 0.1) is 0 Å². The minimum atomic E-state index is -1.02. The van der Waals surface area contributed by atoms with E-state index < -0.39 is 5.97 Å². The largest absolute Gasteiger partial charge is 0.480 e. The van der Waals surface area contributed by atoms with Gasteiger partial charge in [0.15, 0.2) is 0 Å². The molecule has 0 aliphatic carbocycles. The third-order valence-electron chi connectivity index (χ3n) is 9.11. The number of carboxylic acids is 1. The van der Waals surface area contributed by atoms with Crippen molar-refractivity contribution in [2.75, 3.05) is 6.54 Å².